The van der Waals surface area contributed by atoms with E-state index in [0.717, 1.165) is 12.0 Å². The van der Waals surface area contributed by atoms with Crippen molar-refractivity contribution in [3.05, 3.63) is 30.3 Å². The summed E-state index contributed by atoms with van der Waals surface area (Å²) in [7, 11) is 0. The molecule has 2 fully saturated rings. The van der Waals surface area contributed by atoms with Crippen LogP contribution in [0.2, 0.25) is 0 Å². The monoisotopic (exact) mass is 286 g/mol. The zero-order valence-corrected chi connectivity index (χ0v) is 13.4. The van der Waals surface area contributed by atoms with Crippen LogP contribution in [0, 0.1) is 5.92 Å². The van der Waals surface area contributed by atoms with Gasteiger partial charge in [0.25, 0.3) is 0 Å². The predicted molar refractivity (Wildman–Crippen MR) is 90.8 cm³/mol. The van der Waals surface area contributed by atoms with E-state index in [-0.39, 0.29) is 0 Å². The summed E-state index contributed by atoms with van der Waals surface area (Å²) >= 11 is 0. The van der Waals surface area contributed by atoms with E-state index in [1.165, 1.54) is 63.7 Å². The van der Waals surface area contributed by atoms with Gasteiger partial charge >= 0.3 is 0 Å². The third-order valence-electron chi connectivity index (χ3n) is 5.18. The van der Waals surface area contributed by atoms with Gasteiger partial charge in [-0.3, -0.25) is 0 Å². The molecular formula is C19H30N2. The number of piperidine rings is 1. The predicted octanol–water partition coefficient (Wildman–Crippen LogP) is 4.21. The minimum atomic E-state index is 0.679. The molecule has 0 spiro atoms. The molecular weight excluding hydrogens is 256 g/mol. The normalized spacial score (nSPS) is 27.2. The third kappa shape index (κ3) is 4.00. The minimum Gasteiger partial charge on any atom is -0.370 e. The zero-order chi connectivity index (χ0) is 14.5. The molecule has 21 heavy (non-hydrogen) atoms. The highest BCUT2D eigenvalue weighted by atomic mass is 15.2. The van der Waals surface area contributed by atoms with Crippen molar-refractivity contribution in [2.24, 2.45) is 5.92 Å². The zero-order valence-electron chi connectivity index (χ0n) is 13.4. The van der Waals surface area contributed by atoms with E-state index in [2.05, 4.69) is 47.5 Å². The van der Waals surface area contributed by atoms with Crippen LogP contribution in [0.15, 0.2) is 30.3 Å². The number of nitrogens with zero attached hydrogens (tertiary/aromatic N) is 1. The molecule has 0 radical (unpaired) electrons. The molecule has 1 aromatic rings. The summed E-state index contributed by atoms with van der Waals surface area (Å²) < 4.78 is 0. The van der Waals surface area contributed by atoms with E-state index in [9.17, 15) is 0 Å². The second-order valence-electron chi connectivity index (χ2n) is 6.98. The highest BCUT2D eigenvalue weighted by molar-refractivity contribution is 5.46. The largest absolute Gasteiger partial charge is 0.370 e. The van der Waals surface area contributed by atoms with Crippen LogP contribution < -0.4 is 10.2 Å². The van der Waals surface area contributed by atoms with Crippen LogP contribution in [0.4, 0.5) is 5.69 Å². The molecule has 1 saturated heterocycles. The average Bonchev–Trinajstić information content (AvgIpc) is 3.01. The fourth-order valence-electron chi connectivity index (χ4n) is 4.22. The number of benzene rings is 1. The maximum atomic E-state index is 3.96. The van der Waals surface area contributed by atoms with Gasteiger partial charge in [0.2, 0.25) is 0 Å². The van der Waals surface area contributed by atoms with Crippen molar-refractivity contribution in [3.8, 4) is 0 Å². The van der Waals surface area contributed by atoms with Crippen LogP contribution in [0.3, 0.4) is 0 Å². The van der Waals surface area contributed by atoms with Crippen LogP contribution in [0.25, 0.3) is 0 Å². The van der Waals surface area contributed by atoms with Gasteiger partial charge < -0.3 is 10.2 Å². The Morgan fingerprint density at radius 3 is 2.52 bits per heavy atom. The second-order valence-corrected chi connectivity index (χ2v) is 6.98. The van der Waals surface area contributed by atoms with Crippen molar-refractivity contribution in [2.75, 3.05) is 18.0 Å². The van der Waals surface area contributed by atoms with E-state index in [0.29, 0.717) is 6.04 Å². The van der Waals surface area contributed by atoms with Crippen LogP contribution in [-0.4, -0.2) is 25.2 Å². The van der Waals surface area contributed by atoms with Crippen molar-refractivity contribution in [3.63, 3.8) is 0 Å². The number of nitrogens with one attached hydrogen (secondary N) is 1. The van der Waals surface area contributed by atoms with E-state index >= 15 is 0 Å². The first-order valence-corrected chi connectivity index (χ1v) is 8.91. The van der Waals surface area contributed by atoms with Gasteiger partial charge in [-0.1, -0.05) is 44.4 Å². The summed E-state index contributed by atoms with van der Waals surface area (Å²) in [5.74, 6) is 0.850. The van der Waals surface area contributed by atoms with Gasteiger partial charge in [0.15, 0.2) is 0 Å². The number of para-hydroxylation sites is 1. The third-order valence-corrected chi connectivity index (χ3v) is 5.18. The van der Waals surface area contributed by atoms with Gasteiger partial charge in [-0.25, -0.2) is 0 Å². The fourth-order valence-corrected chi connectivity index (χ4v) is 4.22. The summed E-state index contributed by atoms with van der Waals surface area (Å²) in [4.78, 5) is 2.61. The van der Waals surface area contributed by atoms with Crippen LogP contribution >= 0.6 is 0 Å². The maximum Gasteiger partial charge on any atom is 0.0366 e. The number of rotatable bonds is 5. The summed E-state index contributed by atoms with van der Waals surface area (Å²) in [5, 5.41) is 3.96. The number of anilines is 1. The summed E-state index contributed by atoms with van der Waals surface area (Å²) in [6.07, 6.45) is 9.67. The molecule has 2 unspecified atom stereocenters. The van der Waals surface area contributed by atoms with Crippen molar-refractivity contribution in [1.29, 1.82) is 0 Å². The maximum absolute atomic E-state index is 3.96. The average molecular weight is 286 g/mol. The number of hydrogen-bond donors (Lipinski definition) is 1. The highest BCUT2D eigenvalue weighted by Gasteiger charge is 2.29. The molecule has 1 aliphatic heterocycles. The molecule has 1 aromatic carbocycles. The van der Waals surface area contributed by atoms with Gasteiger partial charge in [-0.15, -0.1) is 0 Å². The number of hydrogen-bond acceptors (Lipinski definition) is 2. The van der Waals surface area contributed by atoms with Crippen molar-refractivity contribution in [1.82, 2.24) is 5.32 Å². The van der Waals surface area contributed by atoms with E-state index < -0.39 is 0 Å². The minimum absolute atomic E-state index is 0.679. The molecule has 1 saturated carbocycles. The quantitative estimate of drug-likeness (QED) is 0.872. The molecule has 116 valence electrons. The summed E-state index contributed by atoms with van der Waals surface area (Å²) in [5.41, 5.74) is 1.40. The molecule has 2 heteroatoms. The first-order valence-electron chi connectivity index (χ1n) is 8.91. The van der Waals surface area contributed by atoms with Gasteiger partial charge in [-0.2, -0.15) is 0 Å². The Labute approximate surface area is 129 Å². The topological polar surface area (TPSA) is 15.3 Å². The highest BCUT2D eigenvalue weighted by Crippen LogP contribution is 2.27. The molecule has 2 nitrogen and oxygen atoms in total. The van der Waals surface area contributed by atoms with Crippen molar-refractivity contribution in [2.45, 2.75) is 64.0 Å². The molecule has 1 aliphatic carbocycles. The van der Waals surface area contributed by atoms with E-state index in [1.807, 2.05) is 0 Å². The van der Waals surface area contributed by atoms with Gasteiger partial charge in [0.1, 0.15) is 0 Å². The van der Waals surface area contributed by atoms with Crippen molar-refractivity contribution >= 4 is 5.69 Å². The molecule has 0 bridgehead atoms. The lowest BCUT2D eigenvalue weighted by atomic mass is 9.89. The van der Waals surface area contributed by atoms with Gasteiger partial charge in [0, 0.05) is 30.9 Å². The molecule has 3 rings (SSSR count). The van der Waals surface area contributed by atoms with Gasteiger partial charge in [-0.05, 0) is 43.7 Å². The van der Waals surface area contributed by atoms with Gasteiger partial charge in [0.05, 0.1) is 0 Å². The Kier molecular flexibility index (Phi) is 5.18. The standard InChI is InChI=1S/C19H30N2/c1-2-8-16-13-18(20-17-9-6-7-10-17)15-21(14-16)19-11-4-3-5-12-19/h3-5,11-12,16-18,20H,2,6-10,13-15H2,1H3. The Balaban J connectivity index is 1.65. The molecule has 0 aromatic heterocycles. The molecule has 1 N–H and O–H groups in total. The SMILES string of the molecule is CCCC1CC(NC2CCCC2)CN(c2ccccc2)C1. The first-order chi connectivity index (χ1) is 10.3. The molecule has 2 atom stereocenters. The Morgan fingerprint density at radius 1 is 1.05 bits per heavy atom. The van der Waals surface area contributed by atoms with E-state index in [1.54, 1.807) is 0 Å². The Morgan fingerprint density at radius 2 is 1.81 bits per heavy atom. The van der Waals surface area contributed by atoms with Crippen LogP contribution in [-0.2, 0) is 0 Å². The first kappa shape index (κ1) is 14.9. The Bertz CT molecular complexity index is 411. The fraction of sp³-hybridized carbons (Fsp3) is 0.684. The lowest BCUT2D eigenvalue weighted by Gasteiger charge is -2.40. The Hall–Kier alpha value is -1.02. The molecule has 2 aliphatic rings. The lowest BCUT2D eigenvalue weighted by Crippen LogP contribution is -2.51. The smallest absolute Gasteiger partial charge is 0.0366 e. The molecule has 1 heterocycles. The van der Waals surface area contributed by atoms with E-state index in [4.69, 9.17) is 0 Å². The van der Waals surface area contributed by atoms with Crippen LogP contribution in [0.1, 0.15) is 51.9 Å². The lowest BCUT2D eigenvalue weighted by molar-refractivity contribution is 0.296. The molecule has 0 amide bonds. The van der Waals surface area contributed by atoms with Crippen molar-refractivity contribution < 1.29 is 0 Å². The summed E-state index contributed by atoms with van der Waals surface area (Å²) in [6.45, 7) is 4.74. The summed E-state index contributed by atoms with van der Waals surface area (Å²) in [6, 6.07) is 12.4. The second kappa shape index (κ2) is 7.31. The van der Waals surface area contributed by atoms with Crippen LogP contribution in [0.5, 0.6) is 0 Å².